The minimum absolute atomic E-state index is 0.0162. The summed E-state index contributed by atoms with van der Waals surface area (Å²) < 4.78 is 5.43. The van der Waals surface area contributed by atoms with Gasteiger partial charge in [0.2, 0.25) is 0 Å². The Bertz CT molecular complexity index is 100. The van der Waals surface area contributed by atoms with Crippen molar-refractivity contribution in [2.24, 2.45) is 0 Å². The number of methoxy groups -OCH3 is 1. The second-order valence-electron chi connectivity index (χ2n) is 3.51. The molecule has 0 aromatic carbocycles. The van der Waals surface area contributed by atoms with E-state index < -0.39 is 0 Å². The highest BCUT2D eigenvalue weighted by Gasteiger charge is 2.35. The van der Waals surface area contributed by atoms with Gasteiger partial charge in [-0.1, -0.05) is 20.8 Å². The molecule has 0 spiro atoms. The Hall–Kier alpha value is 0.390. The quantitative estimate of drug-likeness (QED) is 0.579. The van der Waals surface area contributed by atoms with Gasteiger partial charge in [0.15, 0.2) is 0 Å². The van der Waals surface area contributed by atoms with E-state index >= 15 is 0 Å². The van der Waals surface area contributed by atoms with Crippen molar-refractivity contribution < 1.29 is 4.74 Å². The summed E-state index contributed by atoms with van der Waals surface area (Å²) in [5.74, 6) is 0. The maximum Gasteiger partial charge on any atom is 0.0732 e. The summed E-state index contributed by atoms with van der Waals surface area (Å²) in [6, 6.07) is 0. The van der Waals surface area contributed by atoms with Gasteiger partial charge in [-0.25, -0.2) is 0 Å². The SMILES string of the molecule is CCC(C)(OC)C(C)(C)P. The van der Waals surface area contributed by atoms with Gasteiger partial charge in [-0.05, 0) is 13.3 Å². The molecule has 0 aliphatic carbocycles. The Morgan fingerprint density at radius 2 is 1.70 bits per heavy atom. The molecule has 0 N–H and O–H groups in total. The van der Waals surface area contributed by atoms with Crippen molar-refractivity contribution in [3.05, 3.63) is 0 Å². The topological polar surface area (TPSA) is 9.23 Å². The molecule has 0 aliphatic heterocycles. The molecule has 2 heteroatoms. The highest BCUT2D eigenvalue weighted by Crippen LogP contribution is 2.35. The maximum absolute atomic E-state index is 5.43. The normalized spacial score (nSPS) is 18.6. The second-order valence-corrected chi connectivity index (χ2v) is 4.95. The third-order valence-corrected chi connectivity index (χ3v) is 3.10. The molecule has 1 nitrogen and oxygen atoms in total. The van der Waals surface area contributed by atoms with Crippen molar-refractivity contribution in [2.75, 3.05) is 7.11 Å². The fourth-order valence-electron chi connectivity index (χ4n) is 0.863. The van der Waals surface area contributed by atoms with Crippen molar-refractivity contribution in [1.82, 2.24) is 0 Å². The lowest BCUT2D eigenvalue weighted by Gasteiger charge is -2.39. The van der Waals surface area contributed by atoms with Crippen LogP contribution in [0.2, 0.25) is 0 Å². The monoisotopic (exact) mass is 162 g/mol. The average Bonchev–Trinajstić information content (AvgIpc) is 1.84. The summed E-state index contributed by atoms with van der Waals surface area (Å²) in [6.07, 6.45) is 1.04. The van der Waals surface area contributed by atoms with Crippen LogP contribution in [0.1, 0.15) is 34.1 Å². The van der Waals surface area contributed by atoms with E-state index in [1.165, 1.54) is 0 Å². The van der Waals surface area contributed by atoms with Crippen LogP contribution in [0.25, 0.3) is 0 Å². The predicted molar refractivity (Wildman–Crippen MR) is 49.5 cm³/mol. The van der Waals surface area contributed by atoms with Crippen LogP contribution in [0, 0.1) is 0 Å². The van der Waals surface area contributed by atoms with E-state index in [9.17, 15) is 0 Å². The van der Waals surface area contributed by atoms with Crippen molar-refractivity contribution >= 4 is 9.24 Å². The first-order valence-electron chi connectivity index (χ1n) is 3.71. The van der Waals surface area contributed by atoms with Gasteiger partial charge in [0.1, 0.15) is 0 Å². The Morgan fingerprint density at radius 3 is 1.70 bits per heavy atom. The highest BCUT2D eigenvalue weighted by atomic mass is 31.0. The zero-order chi connectivity index (χ0) is 8.41. The molecule has 0 saturated heterocycles. The summed E-state index contributed by atoms with van der Waals surface area (Å²) in [5, 5.41) is 0.149. The fourth-order valence-corrected chi connectivity index (χ4v) is 1.18. The predicted octanol–water partition coefficient (Wildman–Crippen LogP) is 2.46. The van der Waals surface area contributed by atoms with Crippen LogP contribution in [0.15, 0.2) is 0 Å². The van der Waals surface area contributed by atoms with Gasteiger partial charge in [0.25, 0.3) is 0 Å². The third-order valence-electron chi connectivity index (χ3n) is 2.49. The molecule has 0 amide bonds. The summed E-state index contributed by atoms with van der Waals surface area (Å²) >= 11 is 0. The molecule has 2 unspecified atom stereocenters. The van der Waals surface area contributed by atoms with E-state index in [1.54, 1.807) is 7.11 Å². The molecular weight excluding hydrogens is 143 g/mol. The van der Waals surface area contributed by atoms with Crippen molar-refractivity contribution in [3.8, 4) is 0 Å². The summed E-state index contributed by atoms with van der Waals surface area (Å²) in [5.41, 5.74) is -0.0162. The molecular formula is C8H19OP. The second kappa shape index (κ2) is 3.19. The van der Waals surface area contributed by atoms with Gasteiger partial charge in [0.05, 0.1) is 5.60 Å². The Kier molecular flexibility index (Phi) is 3.32. The first-order chi connectivity index (χ1) is 4.37. The average molecular weight is 162 g/mol. The maximum atomic E-state index is 5.43. The molecule has 0 rings (SSSR count). The summed E-state index contributed by atoms with van der Waals surface area (Å²) in [4.78, 5) is 0. The summed E-state index contributed by atoms with van der Waals surface area (Å²) in [7, 11) is 4.60. The van der Waals surface area contributed by atoms with Crippen molar-refractivity contribution in [3.63, 3.8) is 0 Å². The van der Waals surface area contributed by atoms with Gasteiger partial charge in [-0.2, -0.15) is 0 Å². The minimum atomic E-state index is -0.0162. The van der Waals surface area contributed by atoms with Crippen molar-refractivity contribution in [1.29, 1.82) is 0 Å². The van der Waals surface area contributed by atoms with E-state index in [-0.39, 0.29) is 10.8 Å². The van der Waals surface area contributed by atoms with E-state index in [1.807, 2.05) is 0 Å². The number of hydrogen-bond donors (Lipinski definition) is 0. The molecule has 0 heterocycles. The molecule has 0 aliphatic rings. The zero-order valence-corrected chi connectivity index (χ0v) is 8.85. The number of hydrogen-bond acceptors (Lipinski definition) is 1. The summed E-state index contributed by atoms with van der Waals surface area (Å²) in [6.45, 7) is 8.63. The Morgan fingerprint density at radius 1 is 1.30 bits per heavy atom. The van der Waals surface area contributed by atoms with Crippen LogP contribution in [0.5, 0.6) is 0 Å². The van der Waals surface area contributed by atoms with E-state index in [2.05, 4.69) is 36.9 Å². The van der Waals surface area contributed by atoms with Crippen LogP contribution >= 0.6 is 9.24 Å². The molecule has 62 valence electrons. The Labute approximate surface area is 66.7 Å². The molecule has 0 saturated carbocycles. The van der Waals surface area contributed by atoms with E-state index in [0.717, 1.165) is 6.42 Å². The van der Waals surface area contributed by atoms with E-state index in [0.29, 0.717) is 0 Å². The number of ether oxygens (including phenoxy) is 1. The standard InChI is InChI=1S/C8H19OP/c1-6-8(4,9-5)7(2,3)10/h6,10H2,1-5H3. The van der Waals surface area contributed by atoms with Gasteiger partial charge in [0, 0.05) is 12.3 Å². The molecule has 10 heavy (non-hydrogen) atoms. The van der Waals surface area contributed by atoms with Crippen molar-refractivity contribution in [2.45, 2.75) is 44.9 Å². The third kappa shape index (κ3) is 1.93. The fraction of sp³-hybridized carbons (Fsp3) is 1.00. The van der Waals surface area contributed by atoms with Gasteiger partial charge < -0.3 is 4.74 Å². The van der Waals surface area contributed by atoms with E-state index in [4.69, 9.17) is 4.74 Å². The molecule has 0 radical (unpaired) electrons. The lowest BCUT2D eigenvalue weighted by atomic mass is 9.88. The minimum Gasteiger partial charge on any atom is -0.378 e. The van der Waals surface area contributed by atoms with Crippen LogP contribution in [-0.4, -0.2) is 17.9 Å². The lowest BCUT2D eigenvalue weighted by Crippen LogP contribution is -2.44. The Balaban J connectivity index is 4.33. The lowest BCUT2D eigenvalue weighted by molar-refractivity contribution is -0.0216. The molecule has 0 bridgehead atoms. The first kappa shape index (κ1) is 10.4. The number of rotatable bonds is 3. The molecule has 0 aromatic rings. The van der Waals surface area contributed by atoms with Gasteiger partial charge >= 0.3 is 0 Å². The van der Waals surface area contributed by atoms with Gasteiger partial charge in [-0.15, -0.1) is 9.24 Å². The van der Waals surface area contributed by atoms with Gasteiger partial charge in [-0.3, -0.25) is 0 Å². The van der Waals surface area contributed by atoms with Crippen LogP contribution in [0.4, 0.5) is 0 Å². The van der Waals surface area contributed by atoms with Crippen LogP contribution in [-0.2, 0) is 4.74 Å². The highest BCUT2D eigenvalue weighted by molar-refractivity contribution is 7.19. The smallest absolute Gasteiger partial charge is 0.0732 e. The molecule has 0 fully saturated rings. The first-order valence-corrected chi connectivity index (χ1v) is 4.29. The molecule has 0 aromatic heterocycles. The van der Waals surface area contributed by atoms with Crippen LogP contribution < -0.4 is 0 Å². The van der Waals surface area contributed by atoms with Crippen LogP contribution in [0.3, 0.4) is 0 Å². The largest absolute Gasteiger partial charge is 0.378 e. The zero-order valence-electron chi connectivity index (χ0n) is 7.69. The molecule has 2 atom stereocenters.